The third kappa shape index (κ3) is 5.44. The number of amides is 1. The topological polar surface area (TPSA) is 78.6 Å². The fourth-order valence-electron chi connectivity index (χ4n) is 1.68. The van der Waals surface area contributed by atoms with Gasteiger partial charge in [0.25, 0.3) is 0 Å². The van der Waals surface area contributed by atoms with E-state index in [1.807, 2.05) is 0 Å². The fourth-order valence-corrected chi connectivity index (χ4v) is 1.68. The van der Waals surface area contributed by atoms with Crippen LogP contribution in [0.4, 0.5) is 0 Å². The first kappa shape index (κ1) is 13.4. The maximum Gasteiger partial charge on any atom is 0.234 e. The minimum Gasteiger partial charge on any atom is -0.389 e. The van der Waals surface area contributed by atoms with Gasteiger partial charge in [0.15, 0.2) is 0 Å². The highest BCUT2D eigenvalue weighted by Crippen LogP contribution is 2.07. The van der Waals surface area contributed by atoms with E-state index >= 15 is 0 Å². The molecule has 0 aromatic carbocycles. The Labute approximate surface area is 97.0 Å². The molecule has 0 saturated carbocycles. The van der Waals surface area contributed by atoms with Crippen LogP contribution in [0.1, 0.15) is 26.7 Å². The second-order valence-corrected chi connectivity index (χ2v) is 5.20. The highest BCUT2D eigenvalue weighted by molar-refractivity contribution is 5.78. The number of hydrogen-bond acceptors (Lipinski definition) is 4. The zero-order chi connectivity index (χ0) is 12.2. The first-order chi connectivity index (χ1) is 7.37. The smallest absolute Gasteiger partial charge is 0.234 e. The summed E-state index contributed by atoms with van der Waals surface area (Å²) in [6.07, 6.45) is 1.91. The molecule has 1 aliphatic rings. The number of nitrogens with one attached hydrogen (secondary N) is 1. The zero-order valence-corrected chi connectivity index (χ0v) is 10.2. The first-order valence-electron chi connectivity index (χ1n) is 5.84. The summed E-state index contributed by atoms with van der Waals surface area (Å²) in [5.41, 5.74) is 4.94. The number of likely N-dealkylation sites (tertiary alicyclic amines) is 1. The predicted octanol–water partition coefficient (Wildman–Crippen LogP) is -0.703. The van der Waals surface area contributed by atoms with Gasteiger partial charge in [0, 0.05) is 25.7 Å². The Morgan fingerprint density at radius 3 is 2.56 bits per heavy atom. The van der Waals surface area contributed by atoms with Crippen LogP contribution >= 0.6 is 0 Å². The number of carbonyl (C=O) groups excluding carboxylic acids is 1. The van der Waals surface area contributed by atoms with E-state index in [4.69, 9.17) is 5.73 Å². The molecule has 1 saturated heterocycles. The molecule has 4 N–H and O–H groups in total. The Morgan fingerprint density at radius 1 is 1.50 bits per heavy atom. The third-order valence-corrected chi connectivity index (χ3v) is 2.72. The summed E-state index contributed by atoms with van der Waals surface area (Å²) in [6, 6.07) is 0.288. The quantitative estimate of drug-likeness (QED) is 0.595. The average molecular weight is 229 g/mol. The molecular formula is C11H23N3O2. The van der Waals surface area contributed by atoms with Gasteiger partial charge in [-0.1, -0.05) is 0 Å². The number of nitrogens with two attached hydrogens (primary N) is 1. The van der Waals surface area contributed by atoms with Gasteiger partial charge in [-0.2, -0.15) is 0 Å². The summed E-state index contributed by atoms with van der Waals surface area (Å²) >= 11 is 0. The maximum atomic E-state index is 11.5. The molecule has 16 heavy (non-hydrogen) atoms. The van der Waals surface area contributed by atoms with Crippen LogP contribution in [-0.2, 0) is 4.79 Å². The maximum absolute atomic E-state index is 11.5. The largest absolute Gasteiger partial charge is 0.389 e. The molecule has 5 nitrogen and oxygen atoms in total. The summed E-state index contributed by atoms with van der Waals surface area (Å²) in [4.78, 5) is 13.6. The standard InChI is InChI=1S/C11H23N3O2/c1-11(2,16)8-13-10(15)7-14-5-3-9(12)4-6-14/h9,16H,3-8,12H2,1-2H3,(H,13,15). The molecule has 1 amide bonds. The number of aliphatic hydroxyl groups is 1. The summed E-state index contributed by atoms with van der Waals surface area (Å²) in [5, 5.41) is 12.2. The highest BCUT2D eigenvalue weighted by atomic mass is 16.3. The summed E-state index contributed by atoms with van der Waals surface area (Å²) < 4.78 is 0. The SMILES string of the molecule is CC(C)(O)CNC(=O)CN1CCC(N)CC1. The van der Waals surface area contributed by atoms with Crippen molar-refractivity contribution in [1.29, 1.82) is 0 Å². The van der Waals surface area contributed by atoms with Gasteiger partial charge in [-0.05, 0) is 26.7 Å². The molecule has 1 fully saturated rings. The Morgan fingerprint density at radius 2 is 2.06 bits per heavy atom. The van der Waals surface area contributed by atoms with Crippen molar-refractivity contribution in [2.75, 3.05) is 26.2 Å². The molecule has 5 heteroatoms. The van der Waals surface area contributed by atoms with Gasteiger partial charge in [-0.25, -0.2) is 0 Å². The number of rotatable bonds is 4. The monoisotopic (exact) mass is 229 g/mol. The molecule has 1 aliphatic heterocycles. The molecule has 94 valence electrons. The van der Waals surface area contributed by atoms with Crippen LogP contribution in [-0.4, -0.2) is 53.7 Å². The van der Waals surface area contributed by atoms with E-state index in [1.165, 1.54) is 0 Å². The van der Waals surface area contributed by atoms with Crippen molar-refractivity contribution in [2.24, 2.45) is 5.73 Å². The number of carbonyl (C=O) groups is 1. The van der Waals surface area contributed by atoms with Crippen molar-refractivity contribution in [2.45, 2.75) is 38.3 Å². The molecule has 1 heterocycles. The fraction of sp³-hybridized carbons (Fsp3) is 0.909. The lowest BCUT2D eigenvalue weighted by atomic mass is 10.1. The van der Waals surface area contributed by atoms with Gasteiger partial charge in [-0.15, -0.1) is 0 Å². The molecule has 0 atom stereocenters. The predicted molar refractivity (Wildman–Crippen MR) is 63.0 cm³/mol. The average Bonchev–Trinajstić information content (AvgIpc) is 2.18. The van der Waals surface area contributed by atoms with Gasteiger partial charge in [0.05, 0.1) is 12.1 Å². The van der Waals surface area contributed by atoms with Crippen LogP contribution in [0.2, 0.25) is 0 Å². The van der Waals surface area contributed by atoms with Crippen LogP contribution in [0.3, 0.4) is 0 Å². The summed E-state index contributed by atoms with van der Waals surface area (Å²) in [7, 11) is 0. The van der Waals surface area contributed by atoms with Crippen molar-refractivity contribution in [1.82, 2.24) is 10.2 Å². The van der Waals surface area contributed by atoms with Gasteiger partial charge in [0.2, 0.25) is 5.91 Å². The molecule has 1 rings (SSSR count). The van der Waals surface area contributed by atoms with Crippen molar-refractivity contribution < 1.29 is 9.90 Å². The Hall–Kier alpha value is -0.650. The minimum atomic E-state index is -0.847. The second-order valence-electron chi connectivity index (χ2n) is 5.20. The molecule has 0 aromatic rings. The lowest BCUT2D eigenvalue weighted by molar-refractivity contribution is -0.123. The summed E-state index contributed by atoms with van der Waals surface area (Å²) in [5.74, 6) is -0.0300. The zero-order valence-electron chi connectivity index (χ0n) is 10.2. The Kier molecular flexibility index (Phi) is 4.70. The van der Waals surface area contributed by atoms with E-state index in [-0.39, 0.29) is 11.9 Å². The van der Waals surface area contributed by atoms with Gasteiger partial charge < -0.3 is 16.2 Å². The van der Waals surface area contributed by atoms with Crippen molar-refractivity contribution in [3.8, 4) is 0 Å². The van der Waals surface area contributed by atoms with E-state index < -0.39 is 5.60 Å². The van der Waals surface area contributed by atoms with E-state index in [0.29, 0.717) is 13.1 Å². The van der Waals surface area contributed by atoms with Crippen LogP contribution in [0.25, 0.3) is 0 Å². The molecular weight excluding hydrogens is 206 g/mol. The highest BCUT2D eigenvalue weighted by Gasteiger charge is 2.19. The lowest BCUT2D eigenvalue weighted by Crippen LogP contribution is -2.46. The second kappa shape index (κ2) is 5.61. The first-order valence-corrected chi connectivity index (χ1v) is 5.84. The van der Waals surface area contributed by atoms with Gasteiger partial charge in [-0.3, -0.25) is 9.69 Å². The van der Waals surface area contributed by atoms with E-state index in [0.717, 1.165) is 25.9 Å². The van der Waals surface area contributed by atoms with Crippen molar-refractivity contribution in [3.63, 3.8) is 0 Å². The van der Waals surface area contributed by atoms with Crippen LogP contribution < -0.4 is 11.1 Å². The van der Waals surface area contributed by atoms with E-state index in [2.05, 4.69) is 10.2 Å². The molecule has 0 radical (unpaired) electrons. The molecule has 0 bridgehead atoms. The molecule has 0 aliphatic carbocycles. The van der Waals surface area contributed by atoms with E-state index in [9.17, 15) is 9.90 Å². The minimum absolute atomic E-state index is 0.0300. The Balaban J connectivity index is 2.19. The van der Waals surface area contributed by atoms with E-state index in [1.54, 1.807) is 13.8 Å². The number of hydrogen-bond donors (Lipinski definition) is 3. The van der Waals surface area contributed by atoms with Crippen molar-refractivity contribution in [3.05, 3.63) is 0 Å². The van der Waals surface area contributed by atoms with Gasteiger partial charge in [0.1, 0.15) is 0 Å². The van der Waals surface area contributed by atoms with Gasteiger partial charge >= 0.3 is 0 Å². The van der Waals surface area contributed by atoms with Crippen LogP contribution in [0.15, 0.2) is 0 Å². The van der Waals surface area contributed by atoms with Crippen LogP contribution in [0.5, 0.6) is 0 Å². The number of piperidine rings is 1. The molecule has 0 unspecified atom stereocenters. The molecule has 0 spiro atoms. The summed E-state index contributed by atoms with van der Waals surface area (Å²) in [6.45, 7) is 5.82. The van der Waals surface area contributed by atoms with Crippen LogP contribution in [0, 0.1) is 0 Å². The number of nitrogens with zero attached hydrogens (tertiary/aromatic N) is 1. The third-order valence-electron chi connectivity index (χ3n) is 2.72. The normalized spacial score (nSPS) is 19.8. The van der Waals surface area contributed by atoms with Crippen molar-refractivity contribution >= 4 is 5.91 Å². The Bertz CT molecular complexity index is 230. The lowest BCUT2D eigenvalue weighted by Gasteiger charge is -2.29. The molecule has 0 aromatic heterocycles.